The summed E-state index contributed by atoms with van der Waals surface area (Å²) in [7, 11) is -2.85. The van der Waals surface area contributed by atoms with E-state index in [4.69, 9.17) is 4.74 Å². The average Bonchev–Trinajstić information content (AvgIpc) is 2.81. The van der Waals surface area contributed by atoms with E-state index < -0.39 is 9.84 Å². The van der Waals surface area contributed by atoms with Crippen molar-refractivity contribution in [2.75, 3.05) is 11.5 Å². The number of hydrogen-bond acceptors (Lipinski definition) is 4. The molecule has 1 aromatic carbocycles. The van der Waals surface area contributed by atoms with Crippen molar-refractivity contribution in [3.05, 3.63) is 29.3 Å². The molecule has 0 amide bonds. The lowest BCUT2D eigenvalue weighted by molar-refractivity contribution is 0.0778. The number of ether oxygens (including phenoxy) is 1. The molecular weight excluding hydrogens is 262 g/mol. The van der Waals surface area contributed by atoms with Crippen LogP contribution in [-0.2, 0) is 22.9 Å². The highest BCUT2D eigenvalue weighted by Crippen LogP contribution is 2.31. The maximum absolute atomic E-state index is 11.5. The Hall–Kier alpha value is -1.07. The first-order valence-electron chi connectivity index (χ1n) is 6.68. The quantitative estimate of drug-likeness (QED) is 0.895. The highest BCUT2D eigenvalue weighted by molar-refractivity contribution is 7.91. The minimum absolute atomic E-state index is 0.232. The van der Waals surface area contributed by atoms with E-state index in [1.807, 2.05) is 13.0 Å². The summed E-state index contributed by atoms with van der Waals surface area (Å²) in [4.78, 5) is 0. The van der Waals surface area contributed by atoms with Crippen molar-refractivity contribution in [2.45, 2.75) is 38.5 Å². The van der Waals surface area contributed by atoms with E-state index in [2.05, 4.69) is 17.4 Å². The first kappa shape index (κ1) is 12.9. The second-order valence-corrected chi connectivity index (χ2v) is 8.04. The molecule has 0 radical (unpaired) electrons. The van der Waals surface area contributed by atoms with Crippen molar-refractivity contribution >= 4 is 9.84 Å². The molecule has 4 nitrogen and oxygen atoms in total. The Morgan fingerprint density at radius 1 is 1.16 bits per heavy atom. The van der Waals surface area contributed by atoms with Gasteiger partial charge in [0, 0.05) is 25.9 Å². The molecule has 5 heteroatoms. The molecule has 2 aliphatic heterocycles. The Labute approximate surface area is 114 Å². The van der Waals surface area contributed by atoms with Gasteiger partial charge in [0.25, 0.3) is 0 Å². The van der Waals surface area contributed by atoms with Crippen molar-refractivity contribution in [1.82, 2.24) is 5.32 Å². The second kappa shape index (κ2) is 4.49. The zero-order valence-corrected chi connectivity index (χ0v) is 11.9. The van der Waals surface area contributed by atoms with Gasteiger partial charge in [-0.15, -0.1) is 0 Å². The fourth-order valence-electron chi connectivity index (χ4n) is 2.69. The van der Waals surface area contributed by atoms with E-state index in [0.29, 0.717) is 12.8 Å². The Kier molecular flexibility index (Phi) is 3.06. The summed E-state index contributed by atoms with van der Waals surface area (Å²) in [5.41, 5.74) is 2.25. The molecule has 1 N–H and O–H groups in total. The van der Waals surface area contributed by atoms with Crippen LogP contribution in [0, 0.1) is 0 Å². The van der Waals surface area contributed by atoms with Crippen LogP contribution in [0.5, 0.6) is 5.75 Å². The van der Waals surface area contributed by atoms with Gasteiger partial charge in [-0.05, 0) is 30.2 Å². The molecule has 0 unspecified atom stereocenters. The average molecular weight is 281 g/mol. The van der Waals surface area contributed by atoms with Crippen LogP contribution in [0.4, 0.5) is 0 Å². The van der Waals surface area contributed by atoms with Gasteiger partial charge in [-0.25, -0.2) is 8.42 Å². The summed E-state index contributed by atoms with van der Waals surface area (Å²) < 4.78 is 29.0. The van der Waals surface area contributed by atoms with Gasteiger partial charge >= 0.3 is 0 Å². The summed E-state index contributed by atoms with van der Waals surface area (Å²) in [6, 6.07) is 6.15. The summed E-state index contributed by atoms with van der Waals surface area (Å²) in [6.45, 7) is 3.82. The van der Waals surface area contributed by atoms with Gasteiger partial charge in [-0.2, -0.15) is 0 Å². The Bertz CT molecular complexity index is 581. The molecule has 19 heavy (non-hydrogen) atoms. The SMILES string of the molecule is CC1(Oc2ccc3c(c2)CNC3)CCS(=O)(=O)CC1. The number of fused-ring (bicyclic) bond motifs is 1. The molecule has 104 valence electrons. The van der Waals surface area contributed by atoms with Gasteiger partial charge in [0.05, 0.1) is 11.5 Å². The third-order valence-electron chi connectivity index (χ3n) is 4.06. The van der Waals surface area contributed by atoms with E-state index in [0.717, 1.165) is 18.8 Å². The van der Waals surface area contributed by atoms with Crippen molar-refractivity contribution in [1.29, 1.82) is 0 Å². The predicted molar refractivity (Wildman–Crippen MR) is 73.9 cm³/mol. The molecule has 1 saturated heterocycles. The lowest BCUT2D eigenvalue weighted by Crippen LogP contribution is -2.41. The predicted octanol–water partition coefficient (Wildman–Crippen LogP) is 1.64. The summed E-state index contributed by atoms with van der Waals surface area (Å²) >= 11 is 0. The van der Waals surface area contributed by atoms with Crippen molar-refractivity contribution in [3.63, 3.8) is 0 Å². The van der Waals surface area contributed by atoms with Crippen LogP contribution < -0.4 is 10.1 Å². The van der Waals surface area contributed by atoms with E-state index in [1.54, 1.807) is 0 Å². The van der Waals surface area contributed by atoms with Crippen LogP contribution >= 0.6 is 0 Å². The minimum Gasteiger partial charge on any atom is -0.488 e. The molecular formula is C14H19NO3S. The standard InChI is InChI=1S/C14H19NO3S/c1-14(4-6-19(16,17)7-5-14)18-13-3-2-11-9-15-10-12(11)8-13/h2-3,8,15H,4-7,9-10H2,1H3. The number of nitrogens with one attached hydrogen (secondary N) is 1. The molecule has 2 heterocycles. The molecule has 0 atom stereocenters. The highest BCUT2D eigenvalue weighted by atomic mass is 32.2. The van der Waals surface area contributed by atoms with Gasteiger partial charge in [-0.3, -0.25) is 0 Å². The van der Waals surface area contributed by atoms with Crippen LogP contribution in [0.2, 0.25) is 0 Å². The fourth-order valence-corrected chi connectivity index (χ4v) is 4.38. The van der Waals surface area contributed by atoms with Crippen LogP contribution in [0.25, 0.3) is 0 Å². The van der Waals surface area contributed by atoms with E-state index >= 15 is 0 Å². The largest absolute Gasteiger partial charge is 0.488 e. The van der Waals surface area contributed by atoms with Gasteiger partial charge in [0.1, 0.15) is 11.4 Å². The molecule has 0 bridgehead atoms. The Morgan fingerprint density at radius 3 is 2.58 bits per heavy atom. The molecule has 0 aliphatic carbocycles. The zero-order valence-electron chi connectivity index (χ0n) is 11.1. The number of hydrogen-bond donors (Lipinski definition) is 1. The summed E-state index contributed by atoms with van der Waals surface area (Å²) in [5.74, 6) is 1.32. The van der Waals surface area contributed by atoms with E-state index in [1.165, 1.54) is 11.1 Å². The summed E-state index contributed by atoms with van der Waals surface area (Å²) in [6.07, 6.45) is 1.15. The highest BCUT2D eigenvalue weighted by Gasteiger charge is 2.35. The Morgan fingerprint density at radius 2 is 1.84 bits per heavy atom. The number of benzene rings is 1. The lowest BCUT2D eigenvalue weighted by atomic mass is 9.99. The maximum atomic E-state index is 11.5. The van der Waals surface area contributed by atoms with Crippen molar-refractivity contribution in [3.8, 4) is 5.75 Å². The molecule has 0 aromatic heterocycles. The smallest absolute Gasteiger partial charge is 0.150 e. The molecule has 1 aromatic rings. The first-order valence-corrected chi connectivity index (χ1v) is 8.50. The van der Waals surface area contributed by atoms with Gasteiger partial charge in [-0.1, -0.05) is 6.07 Å². The van der Waals surface area contributed by atoms with Gasteiger partial charge in [0.2, 0.25) is 0 Å². The Balaban J connectivity index is 1.74. The molecule has 3 rings (SSSR count). The molecule has 0 spiro atoms. The monoisotopic (exact) mass is 281 g/mol. The summed E-state index contributed by atoms with van der Waals surface area (Å²) in [5, 5.41) is 3.30. The molecule has 0 saturated carbocycles. The van der Waals surface area contributed by atoms with E-state index in [-0.39, 0.29) is 17.1 Å². The van der Waals surface area contributed by atoms with Crippen LogP contribution in [0.15, 0.2) is 18.2 Å². The lowest BCUT2D eigenvalue weighted by Gasteiger charge is -2.34. The normalized spacial score (nSPS) is 23.8. The van der Waals surface area contributed by atoms with Crippen LogP contribution in [0.1, 0.15) is 30.9 Å². The van der Waals surface area contributed by atoms with E-state index in [9.17, 15) is 8.42 Å². The maximum Gasteiger partial charge on any atom is 0.150 e. The van der Waals surface area contributed by atoms with Crippen molar-refractivity contribution < 1.29 is 13.2 Å². The van der Waals surface area contributed by atoms with Gasteiger partial charge in [0.15, 0.2) is 9.84 Å². The first-order chi connectivity index (χ1) is 8.96. The third kappa shape index (κ3) is 2.77. The number of sulfone groups is 1. The van der Waals surface area contributed by atoms with Crippen molar-refractivity contribution in [2.24, 2.45) is 0 Å². The minimum atomic E-state index is -2.85. The second-order valence-electron chi connectivity index (χ2n) is 5.74. The third-order valence-corrected chi connectivity index (χ3v) is 5.71. The fraction of sp³-hybridized carbons (Fsp3) is 0.571. The number of rotatable bonds is 2. The topological polar surface area (TPSA) is 55.4 Å². The van der Waals surface area contributed by atoms with Crippen LogP contribution in [0.3, 0.4) is 0 Å². The molecule has 1 fully saturated rings. The van der Waals surface area contributed by atoms with Gasteiger partial charge < -0.3 is 10.1 Å². The zero-order chi connectivity index (χ0) is 13.5. The molecule has 2 aliphatic rings. The van der Waals surface area contributed by atoms with Crippen LogP contribution in [-0.4, -0.2) is 25.5 Å².